The molecule has 0 fully saturated rings. The molecule has 0 aromatic carbocycles. The third-order valence-electron chi connectivity index (χ3n) is 13.0. The van der Waals surface area contributed by atoms with Crippen molar-refractivity contribution in [2.24, 2.45) is 0 Å². The second kappa shape index (κ2) is 52.8. The van der Waals surface area contributed by atoms with Gasteiger partial charge in [-0.15, -0.1) is 0 Å². The Kier molecular flexibility index (Phi) is 53.6. The molecule has 0 rings (SSSR count). The van der Waals surface area contributed by atoms with E-state index in [1.54, 1.807) is 51.6 Å². The van der Waals surface area contributed by atoms with E-state index in [-0.39, 0.29) is 0 Å². The zero-order valence-electron chi connectivity index (χ0n) is 39.5. The van der Waals surface area contributed by atoms with E-state index in [4.69, 9.17) is 0 Å². The molecular formula is C54H111Sb. The van der Waals surface area contributed by atoms with Gasteiger partial charge in [0, 0.05) is 0 Å². The molecule has 0 saturated heterocycles. The van der Waals surface area contributed by atoms with E-state index in [0.29, 0.717) is 0 Å². The van der Waals surface area contributed by atoms with Gasteiger partial charge < -0.3 is 0 Å². The Morgan fingerprint density at radius 1 is 0.145 bits per heavy atom. The summed E-state index contributed by atoms with van der Waals surface area (Å²) in [5.41, 5.74) is 0. The van der Waals surface area contributed by atoms with E-state index < -0.39 is 20.2 Å². The van der Waals surface area contributed by atoms with Crippen LogP contribution in [-0.4, -0.2) is 20.2 Å². The Balaban J connectivity index is 3.94. The van der Waals surface area contributed by atoms with Crippen LogP contribution >= 0.6 is 0 Å². The molecule has 0 amide bonds. The second-order valence-corrected chi connectivity index (χ2v) is 26.4. The van der Waals surface area contributed by atoms with Crippen molar-refractivity contribution in [3.05, 3.63) is 0 Å². The molecule has 0 radical (unpaired) electrons. The standard InChI is InChI=1S/3C18H37.Sb/c3*1-3-5-7-9-11-13-15-17-18-16-14-12-10-8-6-4-2;/h3*1,3-18H2,2H3;. The van der Waals surface area contributed by atoms with Gasteiger partial charge in [-0.25, -0.2) is 0 Å². The molecule has 0 nitrogen and oxygen atoms in total. The first-order valence-corrected chi connectivity index (χ1v) is 32.5. The first kappa shape index (κ1) is 55.8. The predicted octanol–water partition coefficient (Wildman–Crippen LogP) is 21.3. The van der Waals surface area contributed by atoms with Gasteiger partial charge in [0.2, 0.25) is 0 Å². The van der Waals surface area contributed by atoms with E-state index in [2.05, 4.69) is 20.8 Å². The zero-order valence-corrected chi connectivity index (χ0v) is 42.1. The quantitative estimate of drug-likeness (QED) is 0.0422. The fraction of sp³-hybridized carbons (Fsp3) is 1.00. The second-order valence-electron chi connectivity index (χ2n) is 18.8. The van der Waals surface area contributed by atoms with Gasteiger partial charge in [-0.3, -0.25) is 0 Å². The average Bonchev–Trinajstić information content (AvgIpc) is 3.20. The van der Waals surface area contributed by atoms with Crippen molar-refractivity contribution in [2.45, 2.75) is 342 Å². The smallest absolute Gasteiger partial charge is 0.0654 e. The van der Waals surface area contributed by atoms with Crippen molar-refractivity contribution >= 4 is 20.2 Å². The molecule has 0 aromatic rings. The monoisotopic (exact) mass is 881 g/mol. The van der Waals surface area contributed by atoms with Gasteiger partial charge in [-0.05, 0) is 0 Å². The topological polar surface area (TPSA) is 0 Å². The molecule has 0 heterocycles. The van der Waals surface area contributed by atoms with E-state index in [1.807, 2.05) is 0 Å². The van der Waals surface area contributed by atoms with Gasteiger partial charge >= 0.3 is 245 Å². The van der Waals surface area contributed by atoms with E-state index in [9.17, 15) is 0 Å². The Morgan fingerprint density at radius 2 is 0.255 bits per heavy atom. The van der Waals surface area contributed by atoms with Crippen molar-refractivity contribution in [3.63, 3.8) is 0 Å². The molecule has 55 heavy (non-hydrogen) atoms. The molecule has 0 atom stereocenters. The molecule has 0 bridgehead atoms. The summed E-state index contributed by atoms with van der Waals surface area (Å²) in [5, 5.41) is 0. The fourth-order valence-electron chi connectivity index (χ4n) is 8.99. The maximum absolute atomic E-state index is 2.32. The Labute approximate surface area is 360 Å². The van der Waals surface area contributed by atoms with Crippen molar-refractivity contribution in [1.82, 2.24) is 0 Å². The Hall–Kier alpha value is 0.818. The van der Waals surface area contributed by atoms with Gasteiger partial charge in [-0.1, -0.05) is 117 Å². The van der Waals surface area contributed by atoms with Crippen LogP contribution in [0.15, 0.2) is 0 Å². The summed E-state index contributed by atoms with van der Waals surface area (Å²) in [7, 11) is 0. The van der Waals surface area contributed by atoms with Gasteiger partial charge in [-0.2, -0.15) is 0 Å². The number of hydrogen-bond acceptors (Lipinski definition) is 0. The third-order valence-corrected chi connectivity index (χ3v) is 21.1. The number of unbranched alkanes of at least 4 members (excludes halogenated alkanes) is 45. The van der Waals surface area contributed by atoms with Crippen LogP contribution < -0.4 is 0 Å². The summed E-state index contributed by atoms with van der Waals surface area (Å²) in [6.07, 6.45) is 72.0. The Bertz CT molecular complexity index is 543. The summed E-state index contributed by atoms with van der Waals surface area (Å²) in [6, 6.07) is 0. The van der Waals surface area contributed by atoms with Crippen molar-refractivity contribution in [3.8, 4) is 0 Å². The van der Waals surface area contributed by atoms with Crippen LogP contribution in [0.4, 0.5) is 0 Å². The minimum atomic E-state index is -1.01. The molecule has 0 aliphatic heterocycles. The number of rotatable bonds is 51. The number of hydrogen-bond donors (Lipinski definition) is 0. The first-order chi connectivity index (χ1) is 27.3. The molecule has 1 heteroatoms. The van der Waals surface area contributed by atoms with Gasteiger partial charge in [0.05, 0.1) is 0 Å². The van der Waals surface area contributed by atoms with Crippen molar-refractivity contribution in [2.75, 3.05) is 0 Å². The minimum Gasteiger partial charge on any atom is -0.0654 e. The fourth-order valence-corrected chi connectivity index (χ4v) is 16.6. The van der Waals surface area contributed by atoms with Crippen LogP contribution in [0, 0.1) is 0 Å². The molecule has 0 unspecified atom stereocenters. The molecule has 332 valence electrons. The van der Waals surface area contributed by atoms with Crippen molar-refractivity contribution in [1.29, 1.82) is 0 Å². The summed E-state index contributed by atoms with van der Waals surface area (Å²) in [6.45, 7) is 6.97. The summed E-state index contributed by atoms with van der Waals surface area (Å²) in [5.74, 6) is 0. The predicted molar refractivity (Wildman–Crippen MR) is 259 cm³/mol. The van der Waals surface area contributed by atoms with Crippen LogP contribution in [0.3, 0.4) is 0 Å². The van der Waals surface area contributed by atoms with Crippen LogP contribution in [0.25, 0.3) is 0 Å². The molecular weight excluding hydrogens is 770 g/mol. The van der Waals surface area contributed by atoms with Crippen molar-refractivity contribution < 1.29 is 0 Å². The average molecular weight is 882 g/mol. The summed E-state index contributed by atoms with van der Waals surface area (Å²) < 4.78 is 5.16. The molecule has 0 aliphatic rings. The molecule has 0 saturated carbocycles. The van der Waals surface area contributed by atoms with E-state index in [0.717, 1.165) is 0 Å². The van der Waals surface area contributed by atoms with Gasteiger partial charge in [0.1, 0.15) is 0 Å². The van der Waals surface area contributed by atoms with Gasteiger partial charge in [0.15, 0.2) is 0 Å². The van der Waals surface area contributed by atoms with E-state index in [1.165, 1.54) is 270 Å². The summed E-state index contributed by atoms with van der Waals surface area (Å²) >= 11 is -1.01. The molecule has 0 N–H and O–H groups in total. The van der Waals surface area contributed by atoms with Crippen LogP contribution in [0.1, 0.15) is 329 Å². The van der Waals surface area contributed by atoms with Crippen LogP contribution in [0.5, 0.6) is 0 Å². The molecule has 0 aromatic heterocycles. The molecule has 0 aliphatic carbocycles. The Morgan fingerprint density at radius 3 is 0.382 bits per heavy atom. The van der Waals surface area contributed by atoms with Gasteiger partial charge in [0.25, 0.3) is 0 Å². The third kappa shape index (κ3) is 50.9. The molecule has 0 spiro atoms. The maximum atomic E-state index is 2.32. The minimum absolute atomic E-state index is 1.01. The zero-order chi connectivity index (χ0) is 39.6. The normalized spacial score (nSPS) is 11.8. The van der Waals surface area contributed by atoms with Crippen LogP contribution in [-0.2, 0) is 0 Å². The van der Waals surface area contributed by atoms with E-state index >= 15 is 0 Å². The SMILES string of the molecule is CCCCCCCCCCCCCCCCC[CH2][Sb]([CH2]CCCCCCCCCCCCCCCCC)[CH2]CCCCCCCCCCCCCCCCC. The summed E-state index contributed by atoms with van der Waals surface area (Å²) in [4.78, 5) is 0. The van der Waals surface area contributed by atoms with Crippen LogP contribution in [0.2, 0.25) is 13.1 Å². The first-order valence-electron chi connectivity index (χ1n) is 27.1.